The van der Waals surface area contributed by atoms with Gasteiger partial charge in [-0.25, -0.2) is 0 Å². The summed E-state index contributed by atoms with van der Waals surface area (Å²) in [6, 6.07) is 2.55. The van der Waals surface area contributed by atoms with Crippen LogP contribution in [0.4, 0.5) is 0 Å². The molecule has 0 aromatic carbocycles. The lowest BCUT2D eigenvalue weighted by Gasteiger charge is -2.51. The van der Waals surface area contributed by atoms with Crippen molar-refractivity contribution in [2.24, 2.45) is 17.3 Å². The molecule has 4 atom stereocenters. The summed E-state index contributed by atoms with van der Waals surface area (Å²) in [4.78, 5) is 0. The number of hydrogen-bond donors (Lipinski definition) is 1. The number of hydrogen-bond acceptors (Lipinski definition) is 3. The lowest BCUT2D eigenvalue weighted by Crippen LogP contribution is -2.57. The summed E-state index contributed by atoms with van der Waals surface area (Å²) in [6.07, 6.45) is 5.65. The zero-order valence-electron chi connectivity index (χ0n) is 11.4. The van der Waals surface area contributed by atoms with Crippen molar-refractivity contribution in [2.75, 3.05) is 6.61 Å². The maximum Gasteiger partial charge on any atom is 0.0892 e. The van der Waals surface area contributed by atoms with Crippen molar-refractivity contribution < 1.29 is 9.84 Å². The molecule has 2 saturated carbocycles. The Morgan fingerprint density at radius 2 is 2.11 bits per heavy atom. The van der Waals surface area contributed by atoms with Crippen molar-refractivity contribution in [3.05, 3.63) is 0 Å². The Balaban J connectivity index is 1.94. The third-order valence-electron chi connectivity index (χ3n) is 5.61. The van der Waals surface area contributed by atoms with E-state index in [0.717, 1.165) is 19.3 Å². The van der Waals surface area contributed by atoms with Gasteiger partial charge in [0.2, 0.25) is 0 Å². The summed E-state index contributed by atoms with van der Waals surface area (Å²) in [6.45, 7) is 4.62. The first-order valence-electron chi connectivity index (χ1n) is 7.18. The second-order valence-corrected chi connectivity index (χ2v) is 7.23. The van der Waals surface area contributed by atoms with Gasteiger partial charge in [-0.2, -0.15) is 5.26 Å². The van der Waals surface area contributed by atoms with Crippen molar-refractivity contribution in [3.8, 4) is 6.07 Å². The van der Waals surface area contributed by atoms with E-state index in [0.29, 0.717) is 31.3 Å². The van der Waals surface area contributed by atoms with Crippen LogP contribution in [-0.2, 0) is 4.74 Å². The topological polar surface area (TPSA) is 53.2 Å². The van der Waals surface area contributed by atoms with Crippen molar-refractivity contribution in [1.82, 2.24) is 0 Å². The third-order valence-corrected chi connectivity index (χ3v) is 5.61. The summed E-state index contributed by atoms with van der Waals surface area (Å²) >= 11 is 0. The van der Waals surface area contributed by atoms with Gasteiger partial charge in [-0.1, -0.05) is 6.42 Å². The highest BCUT2D eigenvalue weighted by molar-refractivity contribution is 5.21. The molecular formula is C15H23NO2. The largest absolute Gasteiger partial charge is 0.388 e. The SMILES string of the molecule is CC1(C)CC(O)(C2(C#N)CC3CCC2C3)CCO1. The number of nitriles is 1. The van der Waals surface area contributed by atoms with E-state index in [-0.39, 0.29) is 5.60 Å². The van der Waals surface area contributed by atoms with Crippen molar-refractivity contribution >= 4 is 0 Å². The molecule has 100 valence electrons. The number of rotatable bonds is 1. The second kappa shape index (κ2) is 3.71. The fourth-order valence-electron chi connectivity index (χ4n) is 4.86. The van der Waals surface area contributed by atoms with Gasteiger partial charge in [0.05, 0.1) is 29.3 Å². The van der Waals surface area contributed by atoms with Gasteiger partial charge in [0, 0.05) is 12.8 Å². The van der Waals surface area contributed by atoms with Gasteiger partial charge in [0.15, 0.2) is 0 Å². The third kappa shape index (κ3) is 1.55. The highest BCUT2D eigenvalue weighted by atomic mass is 16.5. The molecule has 0 radical (unpaired) electrons. The molecular weight excluding hydrogens is 226 g/mol. The van der Waals surface area contributed by atoms with Gasteiger partial charge in [-0.3, -0.25) is 0 Å². The molecule has 1 heterocycles. The van der Waals surface area contributed by atoms with Gasteiger partial charge in [-0.05, 0) is 44.9 Å². The molecule has 0 amide bonds. The first kappa shape index (κ1) is 12.4. The van der Waals surface area contributed by atoms with Gasteiger partial charge >= 0.3 is 0 Å². The molecule has 1 saturated heterocycles. The standard InChI is InChI=1S/C15H23NO2/c1-13(2)9-15(17,5-6-18-13)14(10-16)8-11-3-4-12(14)7-11/h11-12,17H,3-9H2,1-2H3. The van der Waals surface area contributed by atoms with Gasteiger partial charge in [0.25, 0.3) is 0 Å². The number of fused-ring (bicyclic) bond motifs is 2. The molecule has 3 fully saturated rings. The average Bonchev–Trinajstić information content (AvgIpc) is 2.87. The van der Waals surface area contributed by atoms with E-state index in [4.69, 9.17) is 4.74 Å². The molecule has 3 rings (SSSR count). The maximum absolute atomic E-state index is 11.2. The molecule has 3 heteroatoms. The molecule has 0 aromatic heterocycles. The van der Waals surface area contributed by atoms with Crippen LogP contribution in [-0.4, -0.2) is 22.9 Å². The Morgan fingerprint density at radius 3 is 2.61 bits per heavy atom. The molecule has 1 N–H and O–H groups in total. The highest BCUT2D eigenvalue weighted by Crippen LogP contribution is 2.62. The molecule has 3 nitrogen and oxygen atoms in total. The Hall–Kier alpha value is -0.590. The molecule has 4 unspecified atom stereocenters. The molecule has 18 heavy (non-hydrogen) atoms. The zero-order chi connectivity index (χ0) is 13.0. The van der Waals surface area contributed by atoms with Gasteiger partial charge in [-0.15, -0.1) is 0 Å². The van der Waals surface area contributed by atoms with Crippen LogP contribution in [0.1, 0.15) is 52.4 Å². The van der Waals surface area contributed by atoms with E-state index in [1.54, 1.807) is 0 Å². The molecule has 0 aromatic rings. The lowest BCUT2D eigenvalue weighted by atomic mass is 9.59. The van der Waals surface area contributed by atoms with Crippen LogP contribution in [0.15, 0.2) is 0 Å². The van der Waals surface area contributed by atoms with Crippen LogP contribution in [0.3, 0.4) is 0 Å². The summed E-state index contributed by atoms with van der Waals surface area (Å²) < 4.78 is 5.72. The van der Waals surface area contributed by atoms with Crippen molar-refractivity contribution in [3.63, 3.8) is 0 Å². The van der Waals surface area contributed by atoms with Crippen LogP contribution >= 0.6 is 0 Å². The number of ether oxygens (including phenoxy) is 1. The first-order chi connectivity index (χ1) is 8.41. The minimum Gasteiger partial charge on any atom is -0.388 e. The minimum atomic E-state index is -0.844. The first-order valence-corrected chi connectivity index (χ1v) is 7.18. The highest BCUT2D eigenvalue weighted by Gasteiger charge is 2.63. The Kier molecular flexibility index (Phi) is 2.56. The second-order valence-electron chi connectivity index (χ2n) is 7.23. The lowest BCUT2D eigenvalue weighted by molar-refractivity contribution is -0.192. The van der Waals surface area contributed by atoms with Crippen LogP contribution in [0.5, 0.6) is 0 Å². The normalized spacial score (nSPS) is 50.1. The van der Waals surface area contributed by atoms with Crippen LogP contribution in [0.25, 0.3) is 0 Å². The summed E-state index contributed by atoms with van der Waals surface area (Å²) in [5.41, 5.74) is -1.65. The van der Waals surface area contributed by atoms with E-state index >= 15 is 0 Å². The Labute approximate surface area is 109 Å². The Morgan fingerprint density at radius 1 is 1.33 bits per heavy atom. The predicted octanol–water partition coefficient (Wildman–Crippen LogP) is 2.64. The van der Waals surface area contributed by atoms with E-state index in [1.165, 1.54) is 6.42 Å². The molecule has 1 aliphatic heterocycles. The summed E-state index contributed by atoms with van der Waals surface area (Å²) in [5.74, 6) is 1.08. The van der Waals surface area contributed by atoms with E-state index in [1.807, 2.05) is 13.8 Å². The van der Waals surface area contributed by atoms with Gasteiger partial charge < -0.3 is 9.84 Å². The number of nitrogens with zero attached hydrogens (tertiary/aromatic N) is 1. The number of aliphatic hydroxyl groups is 1. The minimum absolute atomic E-state index is 0.307. The fraction of sp³-hybridized carbons (Fsp3) is 0.933. The molecule has 2 aliphatic carbocycles. The summed E-state index contributed by atoms with van der Waals surface area (Å²) in [7, 11) is 0. The monoisotopic (exact) mass is 249 g/mol. The van der Waals surface area contributed by atoms with Crippen molar-refractivity contribution in [2.45, 2.75) is 63.6 Å². The Bertz CT molecular complexity index is 400. The molecule has 2 bridgehead atoms. The van der Waals surface area contributed by atoms with E-state index < -0.39 is 11.0 Å². The van der Waals surface area contributed by atoms with Crippen LogP contribution < -0.4 is 0 Å². The maximum atomic E-state index is 11.2. The zero-order valence-corrected chi connectivity index (χ0v) is 11.4. The quantitative estimate of drug-likeness (QED) is 0.777. The average molecular weight is 249 g/mol. The predicted molar refractivity (Wildman–Crippen MR) is 67.7 cm³/mol. The van der Waals surface area contributed by atoms with E-state index in [2.05, 4.69) is 6.07 Å². The molecule has 0 spiro atoms. The van der Waals surface area contributed by atoms with Crippen LogP contribution in [0, 0.1) is 28.6 Å². The van der Waals surface area contributed by atoms with E-state index in [9.17, 15) is 10.4 Å². The summed E-state index contributed by atoms with van der Waals surface area (Å²) in [5, 5.41) is 21.0. The fourth-order valence-corrected chi connectivity index (χ4v) is 4.86. The smallest absolute Gasteiger partial charge is 0.0892 e. The van der Waals surface area contributed by atoms with Crippen LogP contribution in [0.2, 0.25) is 0 Å². The van der Waals surface area contributed by atoms with Gasteiger partial charge in [0.1, 0.15) is 0 Å². The van der Waals surface area contributed by atoms with Crippen molar-refractivity contribution in [1.29, 1.82) is 5.26 Å². The molecule has 3 aliphatic rings.